The van der Waals surface area contributed by atoms with Gasteiger partial charge in [0.1, 0.15) is 12.1 Å². The third-order valence-electron chi connectivity index (χ3n) is 3.32. The van der Waals surface area contributed by atoms with Crippen molar-refractivity contribution in [3.05, 3.63) is 0 Å². The van der Waals surface area contributed by atoms with E-state index in [1.54, 1.807) is 23.6 Å². The molecule has 4 nitrogen and oxygen atoms in total. The Kier molecular flexibility index (Phi) is 3.42. The van der Waals surface area contributed by atoms with Crippen LogP contribution in [0, 0.1) is 5.92 Å². The average molecular weight is 242 g/mol. The van der Waals surface area contributed by atoms with Crippen LogP contribution in [0.2, 0.25) is 0 Å². The average Bonchev–Trinajstić information content (AvgIpc) is 3.07. The van der Waals surface area contributed by atoms with E-state index in [0.717, 1.165) is 18.6 Å². The first-order valence-electron chi connectivity index (χ1n) is 5.75. The molecule has 0 aromatic heterocycles. The van der Waals surface area contributed by atoms with Crippen LogP contribution in [0.3, 0.4) is 0 Å². The van der Waals surface area contributed by atoms with Crippen LogP contribution in [0.5, 0.6) is 0 Å². The number of carbonyl (C=O) groups excluding carboxylic acids is 2. The molecule has 90 valence electrons. The van der Waals surface area contributed by atoms with Crippen LogP contribution >= 0.6 is 11.8 Å². The van der Waals surface area contributed by atoms with E-state index in [-0.39, 0.29) is 23.9 Å². The molecule has 5 heteroatoms. The van der Waals surface area contributed by atoms with Gasteiger partial charge in [-0.3, -0.25) is 9.59 Å². The summed E-state index contributed by atoms with van der Waals surface area (Å²) >= 11 is 1.70. The summed E-state index contributed by atoms with van der Waals surface area (Å²) in [4.78, 5) is 25.6. The summed E-state index contributed by atoms with van der Waals surface area (Å²) in [5.41, 5.74) is 0. The molecule has 16 heavy (non-hydrogen) atoms. The molecule has 0 spiro atoms. The van der Waals surface area contributed by atoms with Crippen LogP contribution in [0.25, 0.3) is 0 Å². The summed E-state index contributed by atoms with van der Waals surface area (Å²) in [5.74, 6) is 1.39. The molecule has 1 N–H and O–H groups in total. The zero-order valence-electron chi connectivity index (χ0n) is 9.73. The van der Waals surface area contributed by atoms with Gasteiger partial charge in [-0.2, -0.15) is 11.8 Å². The van der Waals surface area contributed by atoms with Gasteiger partial charge in [0.05, 0.1) is 0 Å². The van der Waals surface area contributed by atoms with Crippen LogP contribution in [0.15, 0.2) is 0 Å². The van der Waals surface area contributed by atoms with E-state index < -0.39 is 0 Å². The smallest absolute Gasteiger partial charge is 0.246 e. The lowest BCUT2D eigenvalue weighted by Gasteiger charge is -2.37. The van der Waals surface area contributed by atoms with Crippen molar-refractivity contribution in [1.29, 1.82) is 0 Å². The fraction of sp³-hybridized carbons (Fsp3) is 0.818. The minimum absolute atomic E-state index is 0.00222. The first-order chi connectivity index (χ1) is 7.65. The van der Waals surface area contributed by atoms with Crippen LogP contribution in [0.4, 0.5) is 0 Å². The Hall–Kier alpha value is -0.710. The molecule has 2 unspecified atom stereocenters. The number of rotatable bonds is 4. The summed E-state index contributed by atoms with van der Waals surface area (Å²) in [6.07, 6.45) is 4.15. The van der Waals surface area contributed by atoms with Crippen molar-refractivity contribution in [2.75, 3.05) is 18.6 Å². The lowest BCUT2D eigenvalue weighted by atomic mass is 10.0. The van der Waals surface area contributed by atoms with Gasteiger partial charge in [-0.1, -0.05) is 0 Å². The third kappa shape index (κ3) is 2.19. The molecule has 0 aromatic carbocycles. The monoisotopic (exact) mass is 242 g/mol. The van der Waals surface area contributed by atoms with Crippen molar-refractivity contribution in [2.45, 2.75) is 31.8 Å². The molecule has 0 aromatic rings. The van der Waals surface area contributed by atoms with Crippen LogP contribution in [-0.4, -0.2) is 47.4 Å². The van der Waals surface area contributed by atoms with Crippen molar-refractivity contribution < 1.29 is 9.59 Å². The van der Waals surface area contributed by atoms with Gasteiger partial charge in [-0.05, 0) is 31.9 Å². The van der Waals surface area contributed by atoms with Crippen molar-refractivity contribution in [3.63, 3.8) is 0 Å². The number of carbonyl (C=O) groups is 2. The van der Waals surface area contributed by atoms with Gasteiger partial charge in [-0.15, -0.1) is 0 Å². The number of nitrogens with zero attached hydrogens (tertiary/aromatic N) is 1. The summed E-state index contributed by atoms with van der Waals surface area (Å²) in [6, 6.07) is -0.555. The second-order valence-corrected chi connectivity index (χ2v) is 5.51. The minimum atomic E-state index is -0.311. The molecule has 1 aliphatic carbocycles. The Balaban J connectivity index is 2.06. The summed E-state index contributed by atoms with van der Waals surface area (Å²) < 4.78 is 0. The molecule has 2 rings (SSSR count). The molecular weight excluding hydrogens is 224 g/mol. The molecule has 0 radical (unpaired) electrons. The first kappa shape index (κ1) is 11.8. The van der Waals surface area contributed by atoms with Gasteiger partial charge in [0.2, 0.25) is 11.8 Å². The van der Waals surface area contributed by atoms with Crippen molar-refractivity contribution in [3.8, 4) is 0 Å². The van der Waals surface area contributed by atoms with E-state index in [0.29, 0.717) is 12.5 Å². The molecule has 2 aliphatic rings. The van der Waals surface area contributed by atoms with E-state index in [1.165, 1.54) is 0 Å². The topological polar surface area (TPSA) is 49.4 Å². The zero-order valence-corrected chi connectivity index (χ0v) is 10.5. The molecule has 1 saturated carbocycles. The highest BCUT2D eigenvalue weighted by atomic mass is 32.2. The number of amides is 2. The highest BCUT2D eigenvalue weighted by Gasteiger charge is 2.45. The predicted octanol–water partition coefficient (Wildman–Crippen LogP) is 0.475. The number of nitrogens with one attached hydrogen (secondary N) is 1. The summed E-state index contributed by atoms with van der Waals surface area (Å²) in [6.45, 7) is 2.48. The second kappa shape index (κ2) is 4.65. The van der Waals surface area contributed by atoms with E-state index in [4.69, 9.17) is 0 Å². The fourth-order valence-electron chi connectivity index (χ4n) is 2.09. The van der Waals surface area contributed by atoms with Crippen LogP contribution in [-0.2, 0) is 9.59 Å². The summed E-state index contributed by atoms with van der Waals surface area (Å²) in [5, 5.41) is 2.85. The van der Waals surface area contributed by atoms with Crippen LogP contribution < -0.4 is 5.32 Å². The van der Waals surface area contributed by atoms with Crippen molar-refractivity contribution in [1.82, 2.24) is 10.2 Å². The van der Waals surface area contributed by atoms with Gasteiger partial charge >= 0.3 is 0 Å². The van der Waals surface area contributed by atoms with E-state index >= 15 is 0 Å². The molecule has 2 fully saturated rings. The molecule has 1 heterocycles. The Labute approximate surface area is 100 Å². The maximum absolute atomic E-state index is 12.2. The number of hydrogen-bond donors (Lipinski definition) is 1. The maximum atomic E-state index is 12.2. The molecule has 1 saturated heterocycles. The Morgan fingerprint density at radius 2 is 2.12 bits per heavy atom. The normalized spacial score (nSPS) is 30.5. The predicted molar refractivity (Wildman–Crippen MR) is 64.2 cm³/mol. The second-order valence-electron chi connectivity index (χ2n) is 4.52. The lowest BCUT2D eigenvalue weighted by Crippen LogP contribution is -2.63. The van der Waals surface area contributed by atoms with Gasteiger partial charge in [-0.25, -0.2) is 0 Å². The maximum Gasteiger partial charge on any atom is 0.246 e. The van der Waals surface area contributed by atoms with Gasteiger partial charge < -0.3 is 10.2 Å². The fourth-order valence-corrected chi connectivity index (χ4v) is 2.47. The molecule has 1 aliphatic heterocycles. The van der Waals surface area contributed by atoms with E-state index in [9.17, 15) is 9.59 Å². The Bertz CT molecular complexity index is 304. The molecule has 0 bridgehead atoms. The lowest BCUT2D eigenvalue weighted by molar-refractivity contribution is -0.148. The van der Waals surface area contributed by atoms with Crippen molar-refractivity contribution >= 4 is 23.6 Å². The van der Waals surface area contributed by atoms with E-state index in [2.05, 4.69) is 5.32 Å². The molecular formula is C11H18N2O2S. The van der Waals surface area contributed by atoms with E-state index in [1.807, 2.05) is 6.26 Å². The Morgan fingerprint density at radius 1 is 1.44 bits per heavy atom. The zero-order chi connectivity index (χ0) is 11.7. The van der Waals surface area contributed by atoms with Gasteiger partial charge in [0.15, 0.2) is 0 Å². The van der Waals surface area contributed by atoms with Gasteiger partial charge in [0, 0.05) is 12.3 Å². The molecule has 2 amide bonds. The van der Waals surface area contributed by atoms with Crippen molar-refractivity contribution in [2.24, 2.45) is 5.92 Å². The standard InChI is InChI=1S/C11H18N2O2S/c1-7-10(14)12-9(8-3-4-8)11(15)13(7)5-6-16-2/h7-9H,3-6H2,1-2H3,(H,12,14). The number of piperazine rings is 1. The number of hydrogen-bond acceptors (Lipinski definition) is 3. The third-order valence-corrected chi connectivity index (χ3v) is 3.91. The van der Waals surface area contributed by atoms with Gasteiger partial charge in [0.25, 0.3) is 0 Å². The number of thioether (sulfide) groups is 1. The quantitative estimate of drug-likeness (QED) is 0.780. The van der Waals surface area contributed by atoms with Crippen LogP contribution in [0.1, 0.15) is 19.8 Å². The highest BCUT2D eigenvalue weighted by Crippen LogP contribution is 2.34. The molecule has 2 atom stereocenters. The summed E-state index contributed by atoms with van der Waals surface area (Å²) in [7, 11) is 0. The first-order valence-corrected chi connectivity index (χ1v) is 7.14. The Morgan fingerprint density at radius 3 is 2.69 bits per heavy atom. The SMILES string of the molecule is CSCCN1C(=O)C(C2CC2)NC(=O)C1C. The largest absolute Gasteiger partial charge is 0.342 e. The highest BCUT2D eigenvalue weighted by molar-refractivity contribution is 7.98. The minimum Gasteiger partial charge on any atom is -0.342 e.